The number of nitrogens with zero attached hydrogens (tertiary/aromatic N) is 3. The van der Waals surface area contributed by atoms with Crippen molar-refractivity contribution in [2.75, 3.05) is 0 Å². The molecule has 0 saturated carbocycles. The molecule has 120 valence electrons. The smallest absolute Gasteiger partial charge is 0.280 e. The number of amides is 1. The van der Waals surface area contributed by atoms with Crippen molar-refractivity contribution in [2.45, 2.75) is 6.92 Å². The molecule has 0 saturated heterocycles. The van der Waals surface area contributed by atoms with Crippen molar-refractivity contribution < 1.29 is 4.79 Å². The summed E-state index contributed by atoms with van der Waals surface area (Å²) in [4.78, 5) is 28.2. The van der Waals surface area contributed by atoms with Gasteiger partial charge in [-0.2, -0.15) is 5.10 Å². The molecule has 24 heavy (non-hydrogen) atoms. The number of aromatic amines is 1. The second-order valence-electron chi connectivity index (χ2n) is 5.06. The lowest BCUT2D eigenvalue weighted by Gasteiger charge is -1.99. The van der Waals surface area contributed by atoms with Crippen LogP contribution in [0, 0.1) is 6.92 Å². The number of H-pyrrole nitrogens is 1. The Kier molecular flexibility index (Phi) is 4.33. The van der Waals surface area contributed by atoms with Gasteiger partial charge in [-0.25, -0.2) is 10.1 Å². The Bertz CT molecular complexity index is 927. The lowest BCUT2D eigenvalue weighted by Crippen LogP contribution is -2.20. The number of carbonyl (C=O) groups is 1. The molecule has 2 heterocycles. The van der Waals surface area contributed by atoms with Gasteiger partial charge in [0, 0.05) is 23.7 Å². The van der Waals surface area contributed by atoms with Crippen molar-refractivity contribution in [3.05, 3.63) is 82.0 Å². The van der Waals surface area contributed by atoms with Crippen molar-refractivity contribution in [1.82, 2.24) is 20.2 Å². The minimum atomic E-state index is -0.370. The van der Waals surface area contributed by atoms with Gasteiger partial charge in [-0.1, -0.05) is 18.2 Å². The van der Waals surface area contributed by atoms with Crippen molar-refractivity contribution in [1.29, 1.82) is 0 Å². The third-order valence-electron chi connectivity index (χ3n) is 3.43. The highest BCUT2D eigenvalue weighted by Crippen LogP contribution is 2.05. The Hall–Kier alpha value is -3.48. The summed E-state index contributed by atoms with van der Waals surface area (Å²) >= 11 is 0. The third-order valence-corrected chi connectivity index (χ3v) is 3.43. The lowest BCUT2D eigenvalue weighted by molar-refractivity contribution is 0.0955. The van der Waals surface area contributed by atoms with E-state index in [1.165, 1.54) is 23.3 Å². The SMILES string of the molecule is Cc1[nH]n(-c2ccccc2)c(=O)c1/C=N\NC(=O)c1ccncc1. The molecule has 3 aromatic rings. The van der Waals surface area contributed by atoms with Gasteiger partial charge in [0.15, 0.2) is 0 Å². The van der Waals surface area contributed by atoms with Crippen LogP contribution >= 0.6 is 0 Å². The van der Waals surface area contributed by atoms with Crippen LogP contribution in [0.15, 0.2) is 64.8 Å². The molecule has 0 spiro atoms. The van der Waals surface area contributed by atoms with Crippen LogP contribution in [0.5, 0.6) is 0 Å². The monoisotopic (exact) mass is 321 g/mol. The molecule has 0 unspecified atom stereocenters. The minimum absolute atomic E-state index is 0.236. The summed E-state index contributed by atoms with van der Waals surface area (Å²) in [5, 5.41) is 6.86. The van der Waals surface area contributed by atoms with E-state index in [1.807, 2.05) is 30.3 Å². The highest BCUT2D eigenvalue weighted by Gasteiger charge is 2.10. The average Bonchev–Trinajstić information content (AvgIpc) is 2.91. The summed E-state index contributed by atoms with van der Waals surface area (Å²) in [6.45, 7) is 1.77. The Morgan fingerprint density at radius 2 is 1.92 bits per heavy atom. The summed E-state index contributed by atoms with van der Waals surface area (Å²) in [7, 11) is 0. The zero-order valence-electron chi connectivity index (χ0n) is 12.9. The van der Waals surface area contributed by atoms with Crippen LogP contribution < -0.4 is 11.0 Å². The standard InChI is InChI=1S/C17H15N5O2/c1-12-15(11-19-20-16(23)13-7-9-18-10-8-13)17(24)22(21-12)14-5-3-2-4-6-14/h2-11,21H,1H3,(H,20,23)/b19-11-. The van der Waals surface area contributed by atoms with E-state index in [4.69, 9.17) is 0 Å². The van der Waals surface area contributed by atoms with Crippen molar-refractivity contribution in [2.24, 2.45) is 5.10 Å². The van der Waals surface area contributed by atoms with Crippen LogP contribution in [-0.4, -0.2) is 26.9 Å². The molecule has 1 aromatic carbocycles. The first-order valence-electron chi connectivity index (χ1n) is 7.27. The minimum Gasteiger partial charge on any atom is -0.295 e. The Morgan fingerprint density at radius 1 is 1.21 bits per heavy atom. The van der Waals surface area contributed by atoms with E-state index in [2.05, 4.69) is 20.6 Å². The third kappa shape index (κ3) is 3.14. The first kappa shape index (κ1) is 15.4. The number of benzene rings is 1. The predicted molar refractivity (Wildman–Crippen MR) is 90.4 cm³/mol. The molecule has 2 N–H and O–H groups in total. The first-order valence-corrected chi connectivity index (χ1v) is 7.27. The predicted octanol–water partition coefficient (Wildman–Crippen LogP) is 1.63. The fourth-order valence-electron chi connectivity index (χ4n) is 2.19. The van der Waals surface area contributed by atoms with Crippen LogP contribution in [0.3, 0.4) is 0 Å². The van der Waals surface area contributed by atoms with Crippen molar-refractivity contribution in [3.63, 3.8) is 0 Å². The van der Waals surface area contributed by atoms with E-state index in [0.717, 1.165) is 5.69 Å². The Morgan fingerprint density at radius 3 is 2.62 bits per heavy atom. The van der Waals surface area contributed by atoms with Gasteiger partial charge < -0.3 is 0 Å². The van der Waals surface area contributed by atoms with Crippen LogP contribution in [0.2, 0.25) is 0 Å². The van der Waals surface area contributed by atoms with Crippen LogP contribution in [0.1, 0.15) is 21.6 Å². The zero-order chi connectivity index (χ0) is 16.9. The number of hydrogen-bond donors (Lipinski definition) is 2. The number of aryl methyl sites for hydroxylation is 1. The zero-order valence-corrected chi connectivity index (χ0v) is 12.9. The second-order valence-corrected chi connectivity index (χ2v) is 5.06. The summed E-state index contributed by atoms with van der Waals surface area (Å²) < 4.78 is 1.43. The van der Waals surface area contributed by atoms with Gasteiger partial charge >= 0.3 is 0 Å². The van der Waals surface area contributed by atoms with Crippen LogP contribution in [-0.2, 0) is 0 Å². The molecule has 1 amide bonds. The van der Waals surface area contributed by atoms with Gasteiger partial charge in [0.25, 0.3) is 11.5 Å². The molecule has 0 radical (unpaired) electrons. The van der Waals surface area contributed by atoms with Crippen LogP contribution in [0.4, 0.5) is 0 Å². The van der Waals surface area contributed by atoms with E-state index in [0.29, 0.717) is 16.8 Å². The van der Waals surface area contributed by atoms with E-state index < -0.39 is 0 Å². The van der Waals surface area contributed by atoms with Gasteiger partial charge in [0.2, 0.25) is 0 Å². The van der Waals surface area contributed by atoms with Crippen molar-refractivity contribution >= 4 is 12.1 Å². The molecular formula is C17H15N5O2. The van der Waals surface area contributed by atoms with Gasteiger partial charge in [0.05, 0.1) is 17.5 Å². The molecule has 2 aromatic heterocycles. The number of pyridine rings is 1. The quantitative estimate of drug-likeness (QED) is 0.565. The normalized spacial score (nSPS) is 10.9. The Labute approximate surface area is 137 Å². The Balaban J connectivity index is 1.80. The van der Waals surface area contributed by atoms with E-state index in [-0.39, 0.29) is 11.5 Å². The maximum absolute atomic E-state index is 12.5. The molecular weight excluding hydrogens is 306 g/mol. The molecule has 0 aliphatic carbocycles. The molecule has 7 nitrogen and oxygen atoms in total. The van der Waals surface area contributed by atoms with Crippen molar-refractivity contribution in [3.8, 4) is 5.69 Å². The lowest BCUT2D eigenvalue weighted by atomic mass is 10.2. The van der Waals surface area contributed by atoms with Gasteiger partial charge in [-0.3, -0.25) is 19.7 Å². The largest absolute Gasteiger partial charge is 0.295 e. The van der Waals surface area contributed by atoms with E-state index >= 15 is 0 Å². The van der Waals surface area contributed by atoms with Gasteiger partial charge in [-0.05, 0) is 31.2 Å². The highest BCUT2D eigenvalue weighted by atomic mass is 16.2. The average molecular weight is 321 g/mol. The fourth-order valence-corrected chi connectivity index (χ4v) is 2.19. The molecule has 0 aliphatic rings. The number of hydrogen-bond acceptors (Lipinski definition) is 4. The molecule has 7 heteroatoms. The molecule has 0 aliphatic heterocycles. The van der Waals surface area contributed by atoms with Crippen LogP contribution in [0.25, 0.3) is 5.69 Å². The summed E-state index contributed by atoms with van der Waals surface area (Å²) in [5.41, 5.74) is 4.36. The number of carbonyl (C=O) groups excluding carboxylic acids is 1. The highest BCUT2D eigenvalue weighted by molar-refractivity contribution is 5.94. The second kappa shape index (κ2) is 6.74. The number of para-hydroxylation sites is 1. The molecule has 0 bridgehead atoms. The topological polar surface area (TPSA) is 92.1 Å². The molecule has 0 atom stereocenters. The summed E-state index contributed by atoms with van der Waals surface area (Å²) in [6, 6.07) is 12.4. The van der Waals surface area contributed by atoms with E-state index in [9.17, 15) is 9.59 Å². The number of nitrogens with one attached hydrogen (secondary N) is 2. The molecule has 0 fully saturated rings. The first-order chi connectivity index (χ1) is 11.7. The maximum Gasteiger partial charge on any atom is 0.280 e. The summed E-state index contributed by atoms with van der Waals surface area (Å²) in [6.07, 6.45) is 4.38. The maximum atomic E-state index is 12.5. The number of rotatable bonds is 4. The van der Waals surface area contributed by atoms with E-state index in [1.54, 1.807) is 19.1 Å². The number of aromatic nitrogens is 3. The fraction of sp³-hybridized carbons (Fsp3) is 0.0588. The van der Waals surface area contributed by atoms with Gasteiger partial charge in [0.1, 0.15) is 0 Å². The number of hydrazone groups is 1. The molecule has 3 rings (SSSR count). The summed E-state index contributed by atoms with van der Waals surface area (Å²) in [5.74, 6) is -0.370. The van der Waals surface area contributed by atoms with Gasteiger partial charge in [-0.15, -0.1) is 0 Å².